The molecule has 3 aromatic carbocycles. The third-order valence-corrected chi connectivity index (χ3v) is 10.2. The SMILES string of the molecule is CCCC[C@]1(CC)CS(=O)(=O)c2cc(OCC(=O)N[C@@H](C(=O)NCC(=O)OC(C)(C)C)c3ccccc3)ccc2[C@@H](c2ccccc2)N1. The second-order valence-electron chi connectivity index (χ2n) is 13.2. The van der Waals surface area contributed by atoms with Crippen LogP contribution in [-0.4, -0.2) is 56.2 Å². The van der Waals surface area contributed by atoms with Gasteiger partial charge in [0.1, 0.15) is 23.9 Å². The molecule has 3 aromatic rings. The molecule has 1 heterocycles. The number of carbonyl (C=O) groups excluding carboxylic acids is 3. The van der Waals surface area contributed by atoms with Crippen LogP contribution in [0.3, 0.4) is 0 Å². The predicted octanol–water partition coefficient (Wildman–Crippen LogP) is 5.19. The Morgan fingerprint density at radius 2 is 1.65 bits per heavy atom. The van der Waals surface area contributed by atoms with Crippen LogP contribution in [0.1, 0.15) is 89.1 Å². The molecule has 1 aliphatic heterocycles. The molecule has 10 nitrogen and oxygen atoms in total. The summed E-state index contributed by atoms with van der Waals surface area (Å²) in [5.74, 6) is -1.67. The first-order chi connectivity index (χ1) is 22.8. The largest absolute Gasteiger partial charge is 0.484 e. The van der Waals surface area contributed by atoms with Gasteiger partial charge >= 0.3 is 5.97 Å². The molecule has 11 heteroatoms. The minimum absolute atomic E-state index is 0.0616. The lowest BCUT2D eigenvalue weighted by atomic mass is 9.88. The van der Waals surface area contributed by atoms with E-state index in [0.717, 1.165) is 18.4 Å². The van der Waals surface area contributed by atoms with E-state index in [2.05, 4.69) is 22.9 Å². The summed E-state index contributed by atoms with van der Waals surface area (Å²) in [4.78, 5) is 38.6. The molecular formula is C37H47N3O7S. The van der Waals surface area contributed by atoms with Crippen molar-refractivity contribution < 1.29 is 32.3 Å². The minimum atomic E-state index is -3.76. The van der Waals surface area contributed by atoms with E-state index in [1.807, 2.05) is 37.3 Å². The molecule has 0 bridgehead atoms. The van der Waals surface area contributed by atoms with E-state index >= 15 is 0 Å². The van der Waals surface area contributed by atoms with Gasteiger partial charge in [-0.15, -0.1) is 0 Å². The molecule has 4 rings (SSSR count). The lowest BCUT2D eigenvalue weighted by Crippen LogP contribution is -2.50. The third kappa shape index (κ3) is 9.67. The molecule has 1 aliphatic rings. The fourth-order valence-corrected chi connectivity index (χ4v) is 8.02. The molecule has 2 amide bonds. The second-order valence-corrected chi connectivity index (χ2v) is 15.1. The van der Waals surface area contributed by atoms with Crippen molar-refractivity contribution in [1.29, 1.82) is 0 Å². The first kappa shape index (κ1) is 36.6. The van der Waals surface area contributed by atoms with Crippen molar-refractivity contribution >= 4 is 27.6 Å². The fraction of sp³-hybridized carbons (Fsp3) is 0.432. The van der Waals surface area contributed by atoms with Crippen LogP contribution in [0.2, 0.25) is 0 Å². The highest BCUT2D eigenvalue weighted by atomic mass is 32.2. The molecule has 0 fully saturated rings. The smallest absolute Gasteiger partial charge is 0.325 e. The quantitative estimate of drug-likeness (QED) is 0.210. The number of hydrogen-bond acceptors (Lipinski definition) is 8. The van der Waals surface area contributed by atoms with Gasteiger partial charge in [-0.3, -0.25) is 19.7 Å². The number of benzene rings is 3. The van der Waals surface area contributed by atoms with E-state index in [1.54, 1.807) is 63.2 Å². The topological polar surface area (TPSA) is 140 Å². The van der Waals surface area contributed by atoms with Crippen molar-refractivity contribution in [2.24, 2.45) is 0 Å². The van der Waals surface area contributed by atoms with Crippen LogP contribution < -0.4 is 20.7 Å². The molecule has 0 saturated carbocycles. The monoisotopic (exact) mass is 677 g/mol. The van der Waals surface area contributed by atoms with Gasteiger partial charge in [0.05, 0.1) is 16.7 Å². The van der Waals surface area contributed by atoms with Gasteiger partial charge in [0.2, 0.25) is 5.91 Å². The summed E-state index contributed by atoms with van der Waals surface area (Å²) in [6.07, 6.45) is 3.19. The van der Waals surface area contributed by atoms with Crippen molar-refractivity contribution in [2.45, 2.75) is 88.4 Å². The van der Waals surface area contributed by atoms with E-state index in [9.17, 15) is 22.8 Å². The summed E-state index contributed by atoms with van der Waals surface area (Å²) >= 11 is 0. The van der Waals surface area contributed by atoms with Crippen LogP contribution >= 0.6 is 0 Å². The average Bonchev–Trinajstić information content (AvgIpc) is 3.16. The summed E-state index contributed by atoms with van der Waals surface area (Å²) < 4.78 is 39.1. The van der Waals surface area contributed by atoms with E-state index in [0.29, 0.717) is 24.0 Å². The maximum Gasteiger partial charge on any atom is 0.325 e. The van der Waals surface area contributed by atoms with Crippen molar-refractivity contribution in [1.82, 2.24) is 16.0 Å². The first-order valence-corrected chi connectivity index (χ1v) is 18.1. The van der Waals surface area contributed by atoms with Gasteiger partial charge in [0.15, 0.2) is 16.4 Å². The number of ether oxygens (including phenoxy) is 2. The van der Waals surface area contributed by atoms with Crippen LogP contribution in [-0.2, 0) is 29.0 Å². The van der Waals surface area contributed by atoms with Crippen molar-refractivity contribution in [3.63, 3.8) is 0 Å². The first-order valence-electron chi connectivity index (χ1n) is 16.4. The lowest BCUT2D eigenvalue weighted by molar-refractivity contribution is -0.154. The molecule has 0 saturated heterocycles. The third-order valence-electron chi connectivity index (χ3n) is 8.26. The van der Waals surface area contributed by atoms with Gasteiger partial charge in [0.25, 0.3) is 5.91 Å². The number of esters is 1. The number of amides is 2. The maximum absolute atomic E-state index is 14.0. The summed E-state index contributed by atoms with van der Waals surface area (Å²) in [5.41, 5.74) is 0.747. The van der Waals surface area contributed by atoms with Gasteiger partial charge in [-0.1, -0.05) is 93.4 Å². The van der Waals surface area contributed by atoms with Crippen LogP contribution in [0.15, 0.2) is 83.8 Å². The highest BCUT2D eigenvalue weighted by molar-refractivity contribution is 7.91. The van der Waals surface area contributed by atoms with Gasteiger partial charge < -0.3 is 20.1 Å². The molecule has 3 N–H and O–H groups in total. The van der Waals surface area contributed by atoms with Crippen LogP contribution in [0, 0.1) is 0 Å². The Labute approximate surface area is 283 Å². The number of unbranched alkanes of at least 4 members (excludes halogenated alkanes) is 1. The molecule has 0 aliphatic carbocycles. The second kappa shape index (κ2) is 15.8. The Morgan fingerprint density at radius 3 is 2.27 bits per heavy atom. The van der Waals surface area contributed by atoms with Crippen LogP contribution in [0.5, 0.6) is 5.75 Å². The zero-order chi connectivity index (χ0) is 35.0. The average molecular weight is 678 g/mol. The lowest BCUT2D eigenvalue weighted by Gasteiger charge is -2.35. The Morgan fingerprint density at radius 1 is 0.979 bits per heavy atom. The predicted molar refractivity (Wildman–Crippen MR) is 184 cm³/mol. The van der Waals surface area contributed by atoms with E-state index in [1.165, 1.54) is 6.07 Å². The summed E-state index contributed by atoms with van der Waals surface area (Å²) in [7, 11) is -3.76. The maximum atomic E-state index is 14.0. The van der Waals surface area contributed by atoms with Crippen molar-refractivity contribution in [3.05, 3.63) is 95.6 Å². The van der Waals surface area contributed by atoms with E-state index in [-0.39, 0.29) is 29.0 Å². The molecule has 0 radical (unpaired) electrons. The Kier molecular flexibility index (Phi) is 12.0. The number of sulfone groups is 1. The fourth-order valence-electron chi connectivity index (χ4n) is 5.86. The van der Waals surface area contributed by atoms with Gasteiger partial charge in [-0.05, 0) is 62.4 Å². The summed E-state index contributed by atoms with van der Waals surface area (Å²) in [6, 6.07) is 21.8. The summed E-state index contributed by atoms with van der Waals surface area (Å²) in [5, 5.41) is 8.94. The normalized spacial score (nSPS) is 19.2. The Balaban J connectivity index is 1.54. The molecule has 0 unspecified atom stereocenters. The van der Waals surface area contributed by atoms with Gasteiger partial charge in [-0.25, -0.2) is 8.42 Å². The summed E-state index contributed by atoms with van der Waals surface area (Å²) in [6.45, 7) is 8.45. The standard InChI is InChI=1S/C37H47N3O7S/c1-6-8-21-37(7-2)25-48(44,45)30-22-28(19-20-29(30)33(40-37)26-15-11-9-12-16-26)46-24-31(41)39-34(27-17-13-10-14-18-27)35(43)38-23-32(42)47-36(3,4)5/h9-20,22,33-34,40H,6-8,21,23-25H2,1-5H3,(H,38,43)(H,39,41)/t33-,34-,37-/m1/s1. The van der Waals surface area contributed by atoms with Gasteiger partial charge in [0, 0.05) is 5.54 Å². The van der Waals surface area contributed by atoms with E-state index < -0.39 is 51.4 Å². The number of fused-ring (bicyclic) bond motifs is 1. The molecule has 0 aromatic heterocycles. The Hall–Kier alpha value is -4.22. The van der Waals surface area contributed by atoms with Crippen molar-refractivity contribution in [2.75, 3.05) is 18.9 Å². The van der Waals surface area contributed by atoms with Gasteiger partial charge in [-0.2, -0.15) is 0 Å². The number of carbonyl (C=O) groups is 3. The van der Waals surface area contributed by atoms with E-state index in [4.69, 9.17) is 9.47 Å². The molecule has 48 heavy (non-hydrogen) atoms. The zero-order valence-corrected chi connectivity index (χ0v) is 29.2. The molecule has 258 valence electrons. The van der Waals surface area contributed by atoms with Crippen LogP contribution in [0.25, 0.3) is 0 Å². The minimum Gasteiger partial charge on any atom is -0.484 e. The highest BCUT2D eigenvalue weighted by Gasteiger charge is 2.42. The Bertz CT molecular complexity index is 1670. The molecular weight excluding hydrogens is 630 g/mol. The number of hydrogen-bond donors (Lipinski definition) is 3. The highest BCUT2D eigenvalue weighted by Crippen LogP contribution is 2.39. The zero-order valence-electron chi connectivity index (χ0n) is 28.4. The van der Waals surface area contributed by atoms with Crippen LogP contribution in [0.4, 0.5) is 0 Å². The van der Waals surface area contributed by atoms with Crippen molar-refractivity contribution in [3.8, 4) is 5.75 Å². The molecule has 3 atom stereocenters. The number of nitrogens with one attached hydrogen (secondary N) is 3. The number of rotatable bonds is 13. The molecule has 0 spiro atoms.